The quantitative estimate of drug-likeness (QED) is 0.574. The molecule has 0 saturated carbocycles. The minimum Gasteiger partial charge on any atom is -0.389 e. The molecule has 0 fully saturated rings. The van der Waals surface area contributed by atoms with Crippen molar-refractivity contribution in [3.8, 4) is 0 Å². The Balaban J connectivity index is 3.89. The Morgan fingerprint density at radius 3 is 1.94 bits per heavy atom. The third-order valence-corrected chi connectivity index (χ3v) is 2.46. The van der Waals surface area contributed by atoms with Crippen molar-refractivity contribution >= 4 is 0 Å². The van der Waals surface area contributed by atoms with E-state index in [-0.39, 0.29) is 0 Å². The fourth-order valence-corrected chi connectivity index (χ4v) is 1.97. The average molecular weight is 261 g/mol. The number of aliphatic hydroxyl groups excluding tert-OH is 1. The van der Waals surface area contributed by atoms with E-state index < -0.39 is 6.10 Å². The minimum atomic E-state index is -0.417. The summed E-state index contributed by atoms with van der Waals surface area (Å²) in [4.78, 5) is 2.32. The molecule has 0 bridgehead atoms. The first-order valence-electron chi connectivity index (χ1n) is 6.92. The van der Waals surface area contributed by atoms with Crippen LogP contribution in [0.5, 0.6) is 0 Å². The van der Waals surface area contributed by atoms with E-state index in [1.165, 1.54) is 0 Å². The number of aliphatic hydroxyl groups is 1. The van der Waals surface area contributed by atoms with Gasteiger partial charge in [0, 0.05) is 26.7 Å². The predicted molar refractivity (Wildman–Crippen MR) is 74.8 cm³/mol. The maximum Gasteiger partial charge on any atom is 0.0900 e. The molecule has 0 heterocycles. The van der Waals surface area contributed by atoms with Crippen molar-refractivity contribution < 1.29 is 14.6 Å². The van der Waals surface area contributed by atoms with Crippen LogP contribution < -0.4 is 0 Å². The standard InChI is InChI=1S/C14H31NO3/c1-12(2)8-15(9-13(3)4)10-14(16)11-18-7-6-17-5/h12-14,16H,6-11H2,1-5H3. The van der Waals surface area contributed by atoms with Crippen LogP contribution in [0.1, 0.15) is 27.7 Å². The van der Waals surface area contributed by atoms with Crippen molar-refractivity contribution in [1.29, 1.82) is 0 Å². The zero-order valence-electron chi connectivity index (χ0n) is 12.7. The van der Waals surface area contributed by atoms with Crippen LogP contribution in [0.4, 0.5) is 0 Å². The van der Waals surface area contributed by atoms with E-state index in [1.54, 1.807) is 7.11 Å². The summed E-state index contributed by atoms with van der Waals surface area (Å²) < 4.78 is 10.2. The second kappa shape index (κ2) is 10.7. The van der Waals surface area contributed by atoms with Gasteiger partial charge in [-0.25, -0.2) is 0 Å². The third kappa shape index (κ3) is 11.0. The summed E-state index contributed by atoms with van der Waals surface area (Å²) in [6.07, 6.45) is -0.417. The van der Waals surface area contributed by atoms with Gasteiger partial charge in [-0.1, -0.05) is 27.7 Å². The number of methoxy groups -OCH3 is 1. The SMILES string of the molecule is COCCOCC(O)CN(CC(C)C)CC(C)C. The molecule has 4 nitrogen and oxygen atoms in total. The summed E-state index contributed by atoms with van der Waals surface area (Å²) in [6.45, 7) is 13.0. The van der Waals surface area contributed by atoms with Gasteiger partial charge in [0.25, 0.3) is 0 Å². The fraction of sp³-hybridized carbons (Fsp3) is 1.00. The van der Waals surface area contributed by atoms with Gasteiger partial charge in [0.15, 0.2) is 0 Å². The summed E-state index contributed by atoms with van der Waals surface area (Å²) >= 11 is 0. The molecule has 0 rings (SSSR count). The van der Waals surface area contributed by atoms with E-state index in [0.29, 0.717) is 38.2 Å². The van der Waals surface area contributed by atoms with E-state index in [4.69, 9.17) is 9.47 Å². The molecule has 0 amide bonds. The molecule has 1 N–H and O–H groups in total. The molecule has 1 atom stereocenters. The Kier molecular flexibility index (Phi) is 10.6. The van der Waals surface area contributed by atoms with Crippen LogP contribution in [0.25, 0.3) is 0 Å². The van der Waals surface area contributed by atoms with Gasteiger partial charge in [-0.05, 0) is 11.8 Å². The number of ether oxygens (including phenoxy) is 2. The first-order chi connectivity index (χ1) is 8.45. The van der Waals surface area contributed by atoms with Crippen molar-refractivity contribution in [2.24, 2.45) is 11.8 Å². The first-order valence-corrected chi connectivity index (χ1v) is 6.92. The lowest BCUT2D eigenvalue weighted by Crippen LogP contribution is -2.39. The van der Waals surface area contributed by atoms with Gasteiger partial charge in [-0.3, -0.25) is 0 Å². The lowest BCUT2D eigenvalue weighted by molar-refractivity contribution is -0.00314. The number of hydrogen-bond acceptors (Lipinski definition) is 4. The van der Waals surface area contributed by atoms with Crippen molar-refractivity contribution in [2.75, 3.05) is 46.6 Å². The molecule has 18 heavy (non-hydrogen) atoms. The molecule has 0 aromatic heterocycles. The molecular weight excluding hydrogens is 230 g/mol. The van der Waals surface area contributed by atoms with E-state index >= 15 is 0 Å². The monoisotopic (exact) mass is 261 g/mol. The normalized spacial score (nSPS) is 13.8. The van der Waals surface area contributed by atoms with Gasteiger partial charge < -0.3 is 19.5 Å². The average Bonchev–Trinajstić information content (AvgIpc) is 2.22. The van der Waals surface area contributed by atoms with Crippen LogP contribution in [-0.4, -0.2) is 62.7 Å². The summed E-state index contributed by atoms with van der Waals surface area (Å²) in [7, 11) is 1.65. The number of nitrogens with zero attached hydrogens (tertiary/aromatic N) is 1. The van der Waals surface area contributed by atoms with E-state index in [2.05, 4.69) is 32.6 Å². The Morgan fingerprint density at radius 1 is 0.944 bits per heavy atom. The zero-order valence-corrected chi connectivity index (χ0v) is 12.7. The molecule has 4 heteroatoms. The molecule has 0 aliphatic heterocycles. The van der Waals surface area contributed by atoms with Crippen molar-refractivity contribution in [3.05, 3.63) is 0 Å². The van der Waals surface area contributed by atoms with Gasteiger partial charge in [0.2, 0.25) is 0 Å². The summed E-state index contributed by atoms with van der Waals surface area (Å²) in [5, 5.41) is 9.94. The highest BCUT2D eigenvalue weighted by atomic mass is 16.5. The van der Waals surface area contributed by atoms with Gasteiger partial charge in [-0.2, -0.15) is 0 Å². The molecule has 0 aromatic carbocycles. The summed E-state index contributed by atoms with van der Waals surface area (Å²) in [6, 6.07) is 0. The second-order valence-corrected chi connectivity index (χ2v) is 5.73. The maximum atomic E-state index is 9.94. The largest absolute Gasteiger partial charge is 0.389 e. The summed E-state index contributed by atoms with van der Waals surface area (Å²) in [5.41, 5.74) is 0. The van der Waals surface area contributed by atoms with Crippen LogP contribution in [0.3, 0.4) is 0 Å². The molecule has 0 spiro atoms. The van der Waals surface area contributed by atoms with Crippen LogP contribution in [0.2, 0.25) is 0 Å². The molecule has 110 valence electrons. The van der Waals surface area contributed by atoms with Crippen LogP contribution in [0.15, 0.2) is 0 Å². The maximum absolute atomic E-state index is 9.94. The van der Waals surface area contributed by atoms with E-state index in [0.717, 1.165) is 13.1 Å². The van der Waals surface area contributed by atoms with Gasteiger partial charge >= 0.3 is 0 Å². The minimum absolute atomic E-state index is 0.385. The smallest absolute Gasteiger partial charge is 0.0900 e. The fourth-order valence-electron chi connectivity index (χ4n) is 1.97. The van der Waals surface area contributed by atoms with Crippen molar-refractivity contribution in [3.63, 3.8) is 0 Å². The van der Waals surface area contributed by atoms with Crippen LogP contribution in [0, 0.1) is 11.8 Å². The first kappa shape index (κ1) is 17.8. The third-order valence-electron chi connectivity index (χ3n) is 2.46. The molecule has 0 radical (unpaired) electrons. The van der Waals surface area contributed by atoms with E-state index in [9.17, 15) is 5.11 Å². The Bertz CT molecular complexity index is 176. The van der Waals surface area contributed by atoms with E-state index in [1.807, 2.05) is 0 Å². The second-order valence-electron chi connectivity index (χ2n) is 5.73. The number of hydrogen-bond donors (Lipinski definition) is 1. The van der Waals surface area contributed by atoms with Gasteiger partial charge in [0.1, 0.15) is 0 Å². The lowest BCUT2D eigenvalue weighted by Gasteiger charge is -2.28. The van der Waals surface area contributed by atoms with Gasteiger partial charge in [-0.15, -0.1) is 0 Å². The Hall–Kier alpha value is -0.160. The van der Waals surface area contributed by atoms with Crippen LogP contribution in [-0.2, 0) is 9.47 Å². The molecule has 0 aromatic rings. The predicted octanol–water partition coefficient (Wildman–Crippen LogP) is 1.62. The Morgan fingerprint density at radius 2 is 1.50 bits per heavy atom. The molecule has 1 unspecified atom stereocenters. The van der Waals surface area contributed by atoms with Crippen LogP contribution >= 0.6 is 0 Å². The topological polar surface area (TPSA) is 41.9 Å². The lowest BCUT2D eigenvalue weighted by atomic mass is 10.1. The molecule has 0 aliphatic rings. The highest BCUT2D eigenvalue weighted by Crippen LogP contribution is 2.05. The Labute approximate surface area is 112 Å². The highest BCUT2D eigenvalue weighted by Gasteiger charge is 2.14. The molecule has 0 saturated heterocycles. The highest BCUT2D eigenvalue weighted by molar-refractivity contribution is 4.67. The van der Waals surface area contributed by atoms with Crippen molar-refractivity contribution in [2.45, 2.75) is 33.8 Å². The molecule has 0 aliphatic carbocycles. The molecular formula is C14H31NO3. The van der Waals surface area contributed by atoms with Crippen molar-refractivity contribution in [1.82, 2.24) is 4.90 Å². The summed E-state index contributed by atoms with van der Waals surface area (Å²) in [5.74, 6) is 1.23. The van der Waals surface area contributed by atoms with Gasteiger partial charge in [0.05, 0.1) is 25.9 Å². The zero-order chi connectivity index (χ0) is 14.0. The number of rotatable bonds is 11.